The van der Waals surface area contributed by atoms with Gasteiger partial charge in [0, 0.05) is 12.1 Å². The molecule has 0 aliphatic carbocycles. The Morgan fingerprint density at radius 3 is 2.34 bits per heavy atom. The second-order valence-corrected chi connectivity index (χ2v) is 10.2. The fraction of sp³-hybridized carbons (Fsp3) is 0.160. The molecule has 0 spiro atoms. The summed E-state index contributed by atoms with van der Waals surface area (Å²) in [6.07, 6.45) is 0.0732. The van der Waals surface area contributed by atoms with Crippen molar-refractivity contribution in [3.05, 3.63) is 83.2 Å². The van der Waals surface area contributed by atoms with Crippen molar-refractivity contribution in [2.45, 2.75) is 24.8 Å². The van der Waals surface area contributed by atoms with Crippen LogP contribution in [0.1, 0.15) is 23.7 Å². The lowest BCUT2D eigenvalue weighted by Gasteiger charge is -2.06. The van der Waals surface area contributed by atoms with Crippen molar-refractivity contribution < 1.29 is 22.7 Å². The van der Waals surface area contributed by atoms with Gasteiger partial charge in [0.2, 0.25) is 10.0 Å². The first-order valence-corrected chi connectivity index (χ1v) is 13.2. The van der Waals surface area contributed by atoms with Crippen LogP contribution in [-0.2, 0) is 26.1 Å². The average molecular weight is 510 g/mol. The second kappa shape index (κ2) is 10.3. The number of esters is 1. The van der Waals surface area contributed by atoms with Crippen molar-refractivity contribution in [3.8, 4) is 11.1 Å². The first-order valence-electron chi connectivity index (χ1n) is 10.8. The van der Waals surface area contributed by atoms with Crippen LogP contribution in [0.25, 0.3) is 21.3 Å². The summed E-state index contributed by atoms with van der Waals surface area (Å²) in [6, 6.07) is 21.4. The van der Waals surface area contributed by atoms with Gasteiger partial charge in [0.25, 0.3) is 5.91 Å². The largest absolute Gasteiger partial charge is 0.466 e. The molecule has 0 unspecified atom stereocenters. The average Bonchev–Trinajstić information content (AvgIpc) is 3.19. The number of carbonyl (C=O) groups excluding carboxylic acids is 2. The highest BCUT2D eigenvalue weighted by atomic mass is 32.2. The smallest absolute Gasteiger partial charge is 0.307 e. The van der Waals surface area contributed by atoms with E-state index in [9.17, 15) is 18.0 Å². The highest BCUT2D eigenvalue weighted by Gasteiger charge is 2.15. The number of amides is 1. The maximum atomic E-state index is 13.0. The molecular formula is C25H23N3O5S2. The molecule has 180 valence electrons. The molecule has 1 heterocycles. The molecule has 0 atom stereocenters. The summed E-state index contributed by atoms with van der Waals surface area (Å²) in [5.74, 6) is -0.831. The lowest BCUT2D eigenvalue weighted by atomic mass is 10.0. The monoisotopic (exact) mass is 509 g/mol. The molecule has 4 aromatic rings. The molecule has 3 aromatic carbocycles. The van der Waals surface area contributed by atoms with Gasteiger partial charge >= 0.3 is 5.97 Å². The Hall–Kier alpha value is -3.60. The third kappa shape index (κ3) is 5.73. The van der Waals surface area contributed by atoms with E-state index in [4.69, 9.17) is 9.88 Å². The van der Waals surface area contributed by atoms with Crippen LogP contribution < -0.4 is 9.94 Å². The Morgan fingerprint density at radius 2 is 1.69 bits per heavy atom. The summed E-state index contributed by atoms with van der Waals surface area (Å²) < 4.78 is 30.9. The van der Waals surface area contributed by atoms with Gasteiger partial charge in [-0.1, -0.05) is 53.8 Å². The second-order valence-electron chi connectivity index (χ2n) is 7.63. The minimum Gasteiger partial charge on any atom is -0.466 e. The van der Waals surface area contributed by atoms with Crippen molar-refractivity contribution >= 4 is 43.5 Å². The van der Waals surface area contributed by atoms with Crippen LogP contribution in [0, 0.1) is 0 Å². The zero-order chi connectivity index (χ0) is 25.0. The van der Waals surface area contributed by atoms with E-state index >= 15 is 0 Å². The molecule has 1 amide bonds. The summed E-state index contributed by atoms with van der Waals surface area (Å²) in [6.45, 7) is 2.20. The maximum absolute atomic E-state index is 13.0. The topological polar surface area (TPSA) is 121 Å². The molecule has 0 radical (unpaired) electrons. The fourth-order valence-electron chi connectivity index (χ4n) is 3.56. The minimum atomic E-state index is -3.90. The molecule has 2 N–H and O–H groups in total. The zero-order valence-electron chi connectivity index (χ0n) is 18.9. The summed E-state index contributed by atoms with van der Waals surface area (Å²) >= 11 is 1.15. The first kappa shape index (κ1) is 24.5. The van der Waals surface area contributed by atoms with E-state index in [1.807, 2.05) is 42.5 Å². The standard InChI is InChI=1S/C25H23N3O5S2/c1-2-33-23(29)14-15-28-21-13-12-20(35(26,31)32)16-22(21)34-25(28)27-24(30)19-10-8-18(9-11-19)17-6-4-3-5-7-17/h3-13,16H,2,14-15H2,1H3,(H2,26,31,32). The quantitative estimate of drug-likeness (QED) is 0.381. The Kier molecular flexibility index (Phi) is 7.25. The van der Waals surface area contributed by atoms with Crippen molar-refractivity contribution in [1.82, 2.24) is 4.57 Å². The number of carbonyl (C=O) groups is 2. The van der Waals surface area contributed by atoms with Gasteiger partial charge in [-0.15, -0.1) is 0 Å². The highest BCUT2D eigenvalue weighted by Crippen LogP contribution is 2.22. The van der Waals surface area contributed by atoms with E-state index in [0.717, 1.165) is 22.5 Å². The zero-order valence-corrected chi connectivity index (χ0v) is 20.5. The minimum absolute atomic E-state index is 0.0434. The van der Waals surface area contributed by atoms with Gasteiger partial charge in [0.15, 0.2) is 4.80 Å². The van der Waals surface area contributed by atoms with Crippen LogP contribution in [0.5, 0.6) is 0 Å². The molecule has 0 bridgehead atoms. The molecule has 1 aromatic heterocycles. The van der Waals surface area contributed by atoms with Gasteiger partial charge in [-0.25, -0.2) is 13.6 Å². The molecule has 0 aliphatic heterocycles. The van der Waals surface area contributed by atoms with E-state index in [1.165, 1.54) is 12.1 Å². The number of ether oxygens (including phenoxy) is 1. The number of nitrogens with two attached hydrogens (primary N) is 1. The summed E-state index contributed by atoms with van der Waals surface area (Å²) in [5, 5.41) is 5.27. The van der Waals surface area contributed by atoms with E-state index in [2.05, 4.69) is 4.99 Å². The van der Waals surface area contributed by atoms with Gasteiger partial charge in [0.1, 0.15) is 0 Å². The number of rotatable bonds is 7. The van der Waals surface area contributed by atoms with Gasteiger partial charge < -0.3 is 9.30 Å². The van der Waals surface area contributed by atoms with E-state index < -0.39 is 15.9 Å². The van der Waals surface area contributed by atoms with Crippen LogP contribution in [0.15, 0.2) is 82.7 Å². The lowest BCUT2D eigenvalue weighted by molar-refractivity contribution is -0.143. The molecule has 4 rings (SSSR count). The summed E-state index contributed by atoms with van der Waals surface area (Å²) in [4.78, 5) is 29.5. The number of thiazole rings is 1. The molecule has 10 heteroatoms. The summed E-state index contributed by atoms with van der Waals surface area (Å²) in [5.41, 5.74) is 3.06. The van der Waals surface area contributed by atoms with Crippen LogP contribution >= 0.6 is 11.3 Å². The third-order valence-corrected chi connectivity index (χ3v) is 7.22. The molecule has 0 fully saturated rings. The number of nitrogens with zero attached hydrogens (tertiary/aromatic N) is 2. The Bertz CT molecular complexity index is 1550. The lowest BCUT2D eigenvalue weighted by Crippen LogP contribution is -2.19. The highest BCUT2D eigenvalue weighted by molar-refractivity contribution is 7.89. The number of benzene rings is 3. The van der Waals surface area contributed by atoms with E-state index in [0.29, 0.717) is 20.6 Å². The molecule has 8 nitrogen and oxygen atoms in total. The van der Waals surface area contributed by atoms with Crippen LogP contribution in [0.2, 0.25) is 0 Å². The number of fused-ring (bicyclic) bond motifs is 1. The number of aryl methyl sites for hydroxylation is 1. The molecule has 0 saturated carbocycles. The molecule has 0 aliphatic rings. The predicted octanol–water partition coefficient (Wildman–Crippen LogP) is 3.71. The predicted molar refractivity (Wildman–Crippen MR) is 134 cm³/mol. The van der Waals surface area contributed by atoms with Crippen molar-refractivity contribution in [2.75, 3.05) is 6.61 Å². The van der Waals surface area contributed by atoms with Gasteiger partial charge in [-0.2, -0.15) is 4.99 Å². The van der Waals surface area contributed by atoms with Crippen molar-refractivity contribution in [1.29, 1.82) is 0 Å². The number of hydrogen-bond acceptors (Lipinski definition) is 6. The van der Waals surface area contributed by atoms with E-state index in [1.54, 1.807) is 29.7 Å². The number of sulfonamides is 1. The van der Waals surface area contributed by atoms with Crippen LogP contribution in [0.4, 0.5) is 0 Å². The van der Waals surface area contributed by atoms with Gasteiger partial charge in [-0.3, -0.25) is 9.59 Å². The number of hydrogen-bond donors (Lipinski definition) is 1. The van der Waals surface area contributed by atoms with Gasteiger partial charge in [0.05, 0.1) is 28.1 Å². The Balaban J connectivity index is 1.72. The first-order chi connectivity index (χ1) is 16.8. The fourth-order valence-corrected chi connectivity index (χ4v) is 5.26. The normalized spacial score (nSPS) is 12.1. The SMILES string of the molecule is CCOC(=O)CCn1c(=NC(=O)c2ccc(-c3ccccc3)cc2)sc2cc(S(N)(=O)=O)ccc21. The number of primary sulfonamides is 1. The van der Waals surface area contributed by atoms with Crippen LogP contribution in [-0.4, -0.2) is 31.5 Å². The van der Waals surface area contributed by atoms with Crippen molar-refractivity contribution in [3.63, 3.8) is 0 Å². The number of aromatic nitrogens is 1. The van der Waals surface area contributed by atoms with E-state index in [-0.39, 0.29) is 30.4 Å². The molecular weight excluding hydrogens is 486 g/mol. The van der Waals surface area contributed by atoms with Crippen molar-refractivity contribution in [2.24, 2.45) is 10.1 Å². The summed E-state index contributed by atoms with van der Waals surface area (Å²) in [7, 11) is -3.90. The molecule has 35 heavy (non-hydrogen) atoms. The maximum Gasteiger partial charge on any atom is 0.307 e. The third-order valence-electron chi connectivity index (χ3n) is 5.26. The van der Waals surface area contributed by atoms with Crippen LogP contribution in [0.3, 0.4) is 0 Å². The Labute approximate surface area is 206 Å². The Morgan fingerprint density at radius 1 is 1.00 bits per heavy atom. The molecule has 0 saturated heterocycles. The van der Waals surface area contributed by atoms with Gasteiger partial charge in [-0.05, 0) is 48.4 Å².